The van der Waals surface area contributed by atoms with Crippen LogP contribution in [0.2, 0.25) is 0 Å². The lowest BCUT2D eigenvalue weighted by molar-refractivity contribution is -0.172. The number of carbonyl (C=O) groups excluding carboxylic acids is 2. The van der Waals surface area contributed by atoms with Crippen molar-refractivity contribution < 1.29 is 29.0 Å². The Kier molecular flexibility index (Phi) is 5.49. The maximum absolute atomic E-state index is 11.4. The molecule has 0 aliphatic carbocycles. The van der Waals surface area contributed by atoms with E-state index in [0.717, 1.165) is 6.92 Å². The zero-order valence-corrected chi connectivity index (χ0v) is 9.61. The van der Waals surface area contributed by atoms with E-state index in [1.165, 1.54) is 0 Å². The van der Waals surface area contributed by atoms with Gasteiger partial charge < -0.3 is 14.6 Å². The van der Waals surface area contributed by atoms with Gasteiger partial charge in [0, 0.05) is 0 Å². The Balaban J connectivity index is 4.76. The summed E-state index contributed by atoms with van der Waals surface area (Å²) < 4.78 is 9.23. The van der Waals surface area contributed by atoms with E-state index in [9.17, 15) is 14.4 Å². The van der Waals surface area contributed by atoms with Crippen LogP contribution >= 0.6 is 0 Å². The second-order valence-electron chi connectivity index (χ2n) is 3.34. The Labute approximate surface area is 93.5 Å². The summed E-state index contributed by atoms with van der Waals surface area (Å²) in [6, 6.07) is 0. The molecule has 16 heavy (non-hydrogen) atoms. The van der Waals surface area contributed by atoms with Crippen molar-refractivity contribution in [1.29, 1.82) is 0 Å². The normalized spacial score (nSPS) is 13.7. The van der Waals surface area contributed by atoms with Crippen LogP contribution in [0.5, 0.6) is 0 Å². The Hall–Kier alpha value is -1.59. The largest absolute Gasteiger partial charge is 0.480 e. The van der Waals surface area contributed by atoms with Crippen molar-refractivity contribution in [3.63, 3.8) is 0 Å². The van der Waals surface area contributed by atoms with E-state index in [-0.39, 0.29) is 13.2 Å². The van der Waals surface area contributed by atoms with Gasteiger partial charge in [-0.1, -0.05) is 0 Å². The molecule has 0 heterocycles. The van der Waals surface area contributed by atoms with Crippen molar-refractivity contribution in [3.8, 4) is 0 Å². The third-order valence-electron chi connectivity index (χ3n) is 2.00. The zero-order valence-electron chi connectivity index (χ0n) is 9.61. The molecule has 0 aromatic carbocycles. The molecule has 0 aliphatic heterocycles. The van der Waals surface area contributed by atoms with Crippen LogP contribution in [0.15, 0.2) is 0 Å². The number of hydrogen-bond donors (Lipinski definition) is 1. The van der Waals surface area contributed by atoms with Crippen molar-refractivity contribution in [2.75, 3.05) is 13.2 Å². The monoisotopic (exact) mass is 232 g/mol. The van der Waals surface area contributed by atoms with Crippen molar-refractivity contribution >= 4 is 17.9 Å². The van der Waals surface area contributed by atoms with Gasteiger partial charge in [0.05, 0.1) is 19.6 Å². The van der Waals surface area contributed by atoms with E-state index in [2.05, 4.69) is 9.47 Å². The quantitative estimate of drug-likeness (QED) is 0.532. The van der Waals surface area contributed by atoms with Crippen molar-refractivity contribution in [3.05, 3.63) is 0 Å². The minimum atomic E-state index is -1.89. The van der Waals surface area contributed by atoms with Gasteiger partial charge >= 0.3 is 17.9 Å². The number of rotatable bonds is 6. The molecule has 92 valence electrons. The van der Waals surface area contributed by atoms with Crippen LogP contribution in [-0.4, -0.2) is 36.2 Å². The van der Waals surface area contributed by atoms with Gasteiger partial charge in [0.15, 0.2) is 5.41 Å². The van der Waals surface area contributed by atoms with Gasteiger partial charge in [0.25, 0.3) is 0 Å². The Bertz CT molecular complexity index is 285. The molecule has 0 radical (unpaired) electrons. The molecule has 0 aromatic rings. The maximum atomic E-state index is 11.4. The smallest absolute Gasteiger partial charge is 0.323 e. The summed E-state index contributed by atoms with van der Waals surface area (Å²) in [5.74, 6) is -3.07. The topological polar surface area (TPSA) is 89.9 Å². The molecule has 0 saturated carbocycles. The summed E-state index contributed by atoms with van der Waals surface area (Å²) in [4.78, 5) is 33.6. The van der Waals surface area contributed by atoms with Gasteiger partial charge in [0.2, 0.25) is 0 Å². The molecule has 0 fully saturated rings. The lowest BCUT2D eigenvalue weighted by Crippen LogP contribution is -2.40. The highest BCUT2D eigenvalue weighted by Crippen LogP contribution is 2.24. The van der Waals surface area contributed by atoms with Gasteiger partial charge in [-0.3, -0.25) is 14.4 Å². The highest BCUT2D eigenvalue weighted by Gasteiger charge is 2.45. The molecule has 0 aromatic heterocycles. The molecule has 1 unspecified atom stereocenters. The third-order valence-corrected chi connectivity index (χ3v) is 2.00. The zero-order chi connectivity index (χ0) is 12.8. The number of aliphatic carboxylic acids is 1. The third kappa shape index (κ3) is 3.52. The standard InChI is InChI=1S/C10H16O6/c1-4-15-7(11)6-10(3,8(12)13)9(14)16-5-2/h4-6H2,1-3H3,(H,12,13). The SMILES string of the molecule is CCOC(=O)CC(C)(C(=O)O)C(=O)OCC. The number of ether oxygens (including phenoxy) is 2. The molecule has 0 saturated heterocycles. The average molecular weight is 232 g/mol. The molecule has 0 bridgehead atoms. The van der Waals surface area contributed by atoms with Gasteiger partial charge in [0.1, 0.15) is 0 Å². The van der Waals surface area contributed by atoms with Crippen LogP contribution in [0.25, 0.3) is 0 Å². The second-order valence-corrected chi connectivity index (χ2v) is 3.34. The summed E-state index contributed by atoms with van der Waals surface area (Å²) in [6.07, 6.45) is -0.533. The summed E-state index contributed by atoms with van der Waals surface area (Å²) in [7, 11) is 0. The lowest BCUT2D eigenvalue weighted by Gasteiger charge is -2.21. The summed E-state index contributed by atoms with van der Waals surface area (Å²) in [5.41, 5.74) is -1.89. The van der Waals surface area contributed by atoms with E-state index >= 15 is 0 Å². The fourth-order valence-corrected chi connectivity index (χ4v) is 1.03. The number of carbonyl (C=O) groups is 3. The second kappa shape index (κ2) is 6.09. The number of esters is 2. The van der Waals surface area contributed by atoms with E-state index in [4.69, 9.17) is 5.11 Å². The van der Waals surface area contributed by atoms with Crippen molar-refractivity contribution in [2.45, 2.75) is 27.2 Å². The predicted octanol–water partition coefficient (Wildman–Crippen LogP) is 0.594. The van der Waals surface area contributed by atoms with Crippen LogP contribution in [0.1, 0.15) is 27.2 Å². The molecule has 0 aliphatic rings. The van der Waals surface area contributed by atoms with E-state index in [0.29, 0.717) is 0 Å². The number of carboxylic acid groups (broad SMARTS) is 1. The molecule has 6 heteroatoms. The highest BCUT2D eigenvalue weighted by atomic mass is 16.5. The summed E-state index contributed by atoms with van der Waals surface area (Å²) in [6.45, 7) is 4.50. The molecule has 0 rings (SSSR count). The lowest BCUT2D eigenvalue weighted by atomic mass is 9.87. The molecule has 0 spiro atoms. The minimum Gasteiger partial charge on any atom is -0.480 e. The number of hydrogen-bond acceptors (Lipinski definition) is 5. The van der Waals surface area contributed by atoms with Crippen LogP contribution in [0.3, 0.4) is 0 Å². The Morgan fingerprint density at radius 1 is 1.12 bits per heavy atom. The molecule has 6 nitrogen and oxygen atoms in total. The van der Waals surface area contributed by atoms with Gasteiger partial charge in [-0.25, -0.2) is 0 Å². The first-order valence-electron chi connectivity index (χ1n) is 4.94. The first kappa shape index (κ1) is 14.4. The molecular formula is C10H16O6. The van der Waals surface area contributed by atoms with Gasteiger partial charge in [-0.05, 0) is 20.8 Å². The van der Waals surface area contributed by atoms with Gasteiger partial charge in [-0.2, -0.15) is 0 Å². The average Bonchev–Trinajstić information content (AvgIpc) is 2.17. The van der Waals surface area contributed by atoms with E-state index in [1.54, 1.807) is 13.8 Å². The van der Waals surface area contributed by atoms with Crippen LogP contribution in [0.4, 0.5) is 0 Å². The maximum Gasteiger partial charge on any atom is 0.323 e. The minimum absolute atomic E-state index is 0.0600. The van der Waals surface area contributed by atoms with Crippen molar-refractivity contribution in [1.82, 2.24) is 0 Å². The molecule has 1 N–H and O–H groups in total. The van der Waals surface area contributed by atoms with Crippen LogP contribution < -0.4 is 0 Å². The molecular weight excluding hydrogens is 216 g/mol. The number of carboxylic acids is 1. The first-order chi connectivity index (χ1) is 7.38. The van der Waals surface area contributed by atoms with Gasteiger partial charge in [-0.15, -0.1) is 0 Å². The van der Waals surface area contributed by atoms with Crippen LogP contribution in [0, 0.1) is 5.41 Å². The Morgan fingerprint density at radius 3 is 2.00 bits per heavy atom. The highest BCUT2D eigenvalue weighted by molar-refractivity contribution is 6.01. The predicted molar refractivity (Wildman–Crippen MR) is 53.6 cm³/mol. The van der Waals surface area contributed by atoms with Crippen LogP contribution in [-0.2, 0) is 23.9 Å². The first-order valence-corrected chi connectivity index (χ1v) is 4.94. The molecule has 0 amide bonds. The summed E-state index contributed by atoms with van der Waals surface area (Å²) >= 11 is 0. The van der Waals surface area contributed by atoms with E-state index < -0.39 is 29.7 Å². The van der Waals surface area contributed by atoms with Crippen molar-refractivity contribution in [2.24, 2.45) is 5.41 Å². The fourth-order valence-electron chi connectivity index (χ4n) is 1.03. The van der Waals surface area contributed by atoms with E-state index in [1.807, 2.05) is 0 Å². The Morgan fingerprint density at radius 2 is 1.62 bits per heavy atom. The molecule has 1 atom stereocenters. The summed E-state index contributed by atoms with van der Waals surface area (Å²) in [5, 5.41) is 8.94. The fraction of sp³-hybridized carbons (Fsp3) is 0.700.